The highest BCUT2D eigenvalue weighted by atomic mass is 32.2. The van der Waals surface area contributed by atoms with Crippen LogP contribution in [0.4, 0.5) is 5.69 Å². The average molecular weight is 347 g/mol. The number of hydrazone groups is 1. The van der Waals surface area contributed by atoms with Gasteiger partial charge in [0.1, 0.15) is 5.75 Å². The summed E-state index contributed by atoms with van der Waals surface area (Å²) in [7, 11) is -3.74. The van der Waals surface area contributed by atoms with Gasteiger partial charge in [-0.15, -0.1) is 0 Å². The minimum absolute atomic E-state index is 0.00532. The third-order valence-electron chi connectivity index (χ3n) is 3.56. The lowest BCUT2D eigenvalue weighted by Crippen LogP contribution is -2.21. The fraction of sp³-hybridized carbons (Fsp3) is 0.235. The normalized spacial score (nSPS) is 11.6. The van der Waals surface area contributed by atoms with Crippen molar-refractivity contribution in [3.8, 4) is 5.75 Å². The Morgan fingerprint density at radius 2 is 1.62 bits per heavy atom. The van der Waals surface area contributed by atoms with Gasteiger partial charge in [-0.25, -0.2) is 4.83 Å². The molecule has 2 aromatic carbocycles. The number of sulfonamides is 1. The van der Waals surface area contributed by atoms with Crippen LogP contribution in [0.15, 0.2) is 58.5 Å². The standard InChI is InChI=1S/C17H21N3O3S/c1-3-20(4-2)15-7-5-14(6-8-15)13-18-19-24(22,23)17-11-9-16(21)10-12-17/h5-13,19,21H,3-4H2,1-2H3/b18-13+. The van der Waals surface area contributed by atoms with Gasteiger partial charge in [-0.1, -0.05) is 12.1 Å². The molecule has 0 saturated carbocycles. The molecular weight excluding hydrogens is 326 g/mol. The predicted molar refractivity (Wildman–Crippen MR) is 96.0 cm³/mol. The number of nitrogens with zero attached hydrogens (tertiary/aromatic N) is 2. The topological polar surface area (TPSA) is 82.0 Å². The number of rotatable bonds is 7. The molecule has 24 heavy (non-hydrogen) atoms. The minimum Gasteiger partial charge on any atom is -0.508 e. The summed E-state index contributed by atoms with van der Waals surface area (Å²) in [5.41, 5.74) is 1.90. The summed E-state index contributed by atoms with van der Waals surface area (Å²) in [4.78, 5) is 4.41. The van der Waals surface area contributed by atoms with Gasteiger partial charge in [0.15, 0.2) is 0 Å². The first-order valence-electron chi connectivity index (χ1n) is 7.65. The van der Waals surface area contributed by atoms with Crippen molar-refractivity contribution in [2.45, 2.75) is 18.7 Å². The average Bonchev–Trinajstić information content (AvgIpc) is 2.57. The molecule has 0 aliphatic rings. The molecule has 128 valence electrons. The van der Waals surface area contributed by atoms with Crippen molar-refractivity contribution in [2.75, 3.05) is 18.0 Å². The zero-order chi connectivity index (χ0) is 17.6. The van der Waals surface area contributed by atoms with Gasteiger partial charge in [0.2, 0.25) is 0 Å². The van der Waals surface area contributed by atoms with Crippen LogP contribution >= 0.6 is 0 Å². The number of phenolic OH excluding ortho intramolecular Hbond substituents is 1. The monoisotopic (exact) mass is 347 g/mol. The molecule has 0 aliphatic heterocycles. The molecule has 0 amide bonds. The fourth-order valence-electron chi connectivity index (χ4n) is 2.21. The minimum atomic E-state index is -3.74. The molecule has 0 heterocycles. The van der Waals surface area contributed by atoms with Crippen molar-refractivity contribution >= 4 is 21.9 Å². The van der Waals surface area contributed by atoms with Gasteiger partial charge in [0, 0.05) is 18.8 Å². The Kier molecular flexibility index (Phi) is 5.81. The summed E-state index contributed by atoms with van der Waals surface area (Å²) in [5.74, 6) is 0.00532. The predicted octanol–water partition coefficient (Wildman–Crippen LogP) is 2.55. The van der Waals surface area contributed by atoms with Crippen molar-refractivity contribution < 1.29 is 13.5 Å². The van der Waals surface area contributed by atoms with Crippen LogP contribution in [0.1, 0.15) is 19.4 Å². The van der Waals surface area contributed by atoms with E-state index in [0.29, 0.717) is 0 Å². The molecule has 0 atom stereocenters. The molecule has 7 heteroatoms. The Labute approximate surface area is 142 Å². The van der Waals surface area contributed by atoms with Crippen LogP contribution in [0.5, 0.6) is 5.75 Å². The molecule has 0 saturated heterocycles. The van der Waals surface area contributed by atoms with Gasteiger partial charge in [-0.3, -0.25) is 0 Å². The van der Waals surface area contributed by atoms with Crippen LogP contribution in [0.3, 0.4) is 0 Å². The van der Waals surface area contributed by atoms with Crippen molar-refractivity contribution in [1.29, 1.82) is 0 Å². The maximum absolute atomic E-state index is 12.0. The van der Waals surface area contributed by atoms with Crippen molar-refractivity contribution in [2.24, 2.45) is 5.10 Å². The number of hydrogen-bond donors (Lipinski definition) is 2. The first kappa shape index (κ1) is 17.8. The molecule has 0 unspecified atom stereocenters. The third kappa shape index (κ3) is 4.48. The lowest BCUT2D eigenvalue weighted by Gasteiger charge is -2.20. The Hall–Kier alpha value is -2.54. The van der Waals surface area contributed by atoms with Crippen LogP contribution in [0.2, 0.25) is 0 Å². The zero-order valence-electron chi connectivity index (χ0n) is 13.7. The van der Waals surface area contributed by atoms with E-state index in [0.717, 1.165) is 24.3 Å². The summed E-state index contributed by atoms with van der Waals surface area (Å²) in [6.07, 6.45) is 1.45. The first-order chi connectivity index (χ1) is 11.5. The van der Waals surface area contributed by atoms with Gasteiger partial charge >= 0.3 is 0 Å². The van der Waals surface area contributed by atoms with Gasteiger partial charge in [-0.2, -0.15) is 13.5 Å². The Morgan fingerprint density at radius 1 is 1.04 bits per heavy atom. The van der Waals surface area contributed by atoms with Crippen molar-refractivity contribution in [3.05, 3.63) is 54.1 Å². The SMILES string of the molecule is CCN(CC)c1ccc(/C=N/NS(=O)(=O)c2ccc(O)cc2)cc1. The maximum Gasteiger partial charge on any atom is 0.276 e. The van der Waals surface area contributed by atoms with E-state index in [-0.39, 0.29) is 10.6 Å². The smallest absolute Gasteiger partial charge is 0.276 e. The maximum atomic E-state index is 12.0. The third-order valence-corrected chi connectivity index (χ3v) is 4.79. The number of benzene rings is 2. The molecule has 0 fully saturated rings. The quantitative estimate of drug-likeness (QED) is 0.596. The second kappa shape index (κ2) is 7.83. The van der Waals surface area contributed by atoms with E-state index >= 15 is 0 Å². The second-order valence-corrected chi connectivity index (χ2v) is 6.77. The van der Waals surface area contributed by atoms with E-state index < -0.39 is 10.0 Å². The molecular formula is C17H21N3O3S. The van der Waals surface area contributed by atoms with Gasteiger partial charge in [-0.05, 0) is 55.8 Å². The van der Waals surface area contributed by atoms with E-state index in [1.807, 2.05) is 24.3 Å². The van der Waals surface area contributed by atoms with E-state index in [1.54, 1.807) is 0 Å². The molecule has 0 radical (unpaired) electrons. The number of nitrogens with one attached hydrogen (secondary N) is 1. The lowest BCUT2D eigenvalue weighted by atomic mass is 10.2. The van der Waals surface area contributed by atoms with E-state index in [4.69, 9.17) is 0 Å². The summed E-state index contributed by atoms with van der Waals surface area (Å²) >= 11 is 0. The van der Waals surface area contributed by atoms with Crippen LogP contribution in [0.25, 0.3) is 0 Å². The van der Waals surface area contributed by atoms with Crippen molar-refractivity contribution in [1.82, 2.24) is 4.83 Å². The van der Waals surface area contributed by atoms with Gasteiger partial charge in [0.05, 0.1) is 11.1 Å². The fourth-order valence-corrected chi connectivity index (χ4v) is 3.00. The lowest BCUT2D eigenvalue weighted by molar-refractivity contribution is 0.474. The molecule has 0 aliphatic carbocycles. The largest absolute Gasteiger partial charge is 0.508 e. The molecule has 6 nitrogen and oxygen atoms in total. The second-order valence-electron chi connectivity index (χ2n) is 5.11. The van der Waals surface area contributed by atoms with Crippen LogP contribution in [-0.2, 0) is 10.0 Å². The van der Waals surface area contributed by atoms with E-state index in [9.17, 15) is 13.5 Å². The molecule has 2 rings (SSSR count). The highest BCUT2D eigenvalue weighted by molar-refractivity contribution is 7.89. The number of aromatic hydroxyl groups is 1. The van der Waals surface area contributed by atoms with E-state index in [1.165, 1.54) is 30.5 Å². The van der Waals surface area contributed by atoms with Crippen LogP contribution < -0.4 is 9.73 Å². The van der Waals surface area contributed by atoms with Gasteiger partial charge in [0.25, 0.3) is 10.0 Å². The molecule has 0 aromatic heterocycles. The van der Waals surface area contributed by atoms with Crippen LogP contribution in [0, 0.1) is 0 Å². The Balaban J connectivity index is 2.04. The van der Waals surface area contributed by atoms with E-state index in [2.05, 4.69) is 28.7 Å². The summed E-state index contributed by atoms with van der Waals surface area (Å²) < 4.78 is 24.1. The van der Waals surface area contributed by atoms with Crippen molar-refractivity contribution in [3.63, 3.8) is 0 Å². The molecule has 0 bridgehead atoms. The summed E-state index contributed by atoms with van der Waals surface area (Å²) in [5, 5.41) is 13.0. The Bertz CT molecular complexity index is 781. The Morgan fingerprint density at radius 3 is 2.17 bits per heavy atom. The number of hydrogen-bond acceptors (Lipinski definition) is 5. The highest BCUT2D eigenvalue weighted by Gasteiger charge is 2.12. The molecule has 2 aromatic rings. The summed E-state index contributed by atoms with van der Waals surface area (Å²) in [6, 6.07) is 13.0. The number of anilines is 1. The van der Waals surface area contributed by atoms with Crippen LogP contribution in [-0.4, -0.2) is 32.8 Å². The highest BCUT2D eigenvalue weighted by Crippen LogP contribution is 2.15. The first-order valence-corrected chi connectivity index (χ1v) is 9.13. The molecule has 0 spiro atoms. The number of phenols is 1. The zero-order valence-corrected chi connectivity index (χ0v) is 14.5. The molecule has 2 N–H and O–H groups in total. The summed E-state index contributed by atoms with van der Waals surface area (Å²) in [6.45, 7) is 6.04. The van der Waals surface area contributed by atoms with Gasteiger partial charge < -0.3 is 10.0 Å².